The summed E-state index contributed by atoms with van der Waals surface area (Å²) in [5.41, 5.74) is 2.93. The molecule has 0 saturated heterocycles. The van der Waals surface area contributed by atoms with Crippen molar-refractivity contribution in [3.05, 3.63) is 46.1 Å². The van der Waals surface area contributed by atoms with Gasteiger partial charge in [-0.2, -0.15) is 0 Å². The lowest BCUT2D eigenvalue weighted by Crippen LogP contribution is -2.15. The zero-order valence-electron chi connectivity index (χ0n) is 11.1. The second kappa shape index (κ2) is 5.73. The highest BCUT2D eigenvalue weighted by Gasteiger charge is 2.17. The number of pyridine rings is 1. The van der Waals surface area contributed by atoms with Crippen LogP contribution >= 0.6 is 11.6 Å². The van der Waals surface area contributed by atoms with Gasteiger partial charge in [0.05, 0.1) is 26.0 Å². The molecule has 5 nitrogen and oxygen atoms in total. The van der Waals surface area contributed by atoms with E-state index in [9.17, 15) is 0 Å². The van der Waals surface area contributed by atoms with Crippen LogP contribution in [0.3, 0.4) is 0 Å². The predicted molar refractivity (Wildman–Crippen MR) is 74.0 cm³/mol. The molecule has 2 aromatic rings. The summed E-state index contributed by atoms with van der Waals surface area (Å²) < 4.78 is 10.4. The van der Waals surface area contributed by atoms with Gasteiger partial charge in [0.1, 0.15) is 11.0 Å². The second-order valence-corrected chi connectivity index (χ2v) is 4.90. The average Bonchev–Trinajstić information content (AvgIpc) is 2.48. The van der Waals surface area contributed by atoms with E-state index in [2.05, 4.69) is 15.0 Å². The molecule has 1 aliphatic rings. The van der Waals surface area contributed by atoms with E-state index in [4.69, 9.17) is 21.1 Å². The van der Waals surface area contributed by atoms with Crippen LogP contribution < -0.4 is 4.74 Å². The Balaban J connectivity index is 1.85. The van der Waals surface area contributed by atoms with Gasteiger partial charge in [0.2, 0.25) is 5.88 Å². The van der Waals surface area contributed by atoms with Crippen LogP contribution in [-0.2, 0) is 24.2 Å². The van der Waals surface area contributed by atoms with E-state index < -0.39 is 0 Å². The van der Waals surface area contributed by atoms with E-state index in [0.29, 0.717) is 36.5 Å². The third-order valence-corrected chi connectivity index (χ3v) is 3.50. The fourth-order valence-corrected chi connectivity index (χ4v) is 2.40. The van der Waals surface area contributed by atoms with Gasteiger partial charge in [-0.05, 0) is 5.56 Å². The number of fused-ring (bicyclic) bond motifs is 1. The molecule has 0 saturated carbocycles. The van der Waals surface area contributed by atoms with Crippen molar-refractivity contribution < 1.29 is 9.47 Å². The maximum Gasteiger partial charge on any atom is 0.212 e. The average molecular weight is 292 g/mol. The van der Waals surface area contributed by atoms with Crippen LogP contribution in [0.4, 0.5) is 0 Å². The molecule has 0 fully saturated rings. The first-order chi connectivity index (χ1) is 9.76. The number of ether oxygens (including phenoxy) is 2. The standard InChI is InChI=1S/C14H14ClN3O2/c1-19-13-3-2-9(7-16-13)6-12-17-11-4-5-20-8-10(11)14(15)18-12/h2-3,7H,4-6,8H2,1H3. The van der Waals surface area contributed by atoms with Crippen molar-refractivity contribution in [2.75, 3.05) is 13.7 Å². The Kier molecular flexibility index (Phi) is 3.80. The quantitative estimate of drug-likeness (QED) is 0.812. The second-order valence-electron chi connectivity index (χ2n) is 4.54. The molecule has 6 heteroatoms. The zero-order chi connectivity index (χ0) is 13.9. The number of aromatic nitrogens is 3. The molecule has 0 aliphatic carbocycles. The Morgan fingerprint density at radius 2 is 2.25 bits per heavy atom. The Bertz CT molecular complexity index is 617. The monoisotopic (exact) mass is 291 g/mol. The van der Waals surface area contributed by atoms with Crippen molar-refractivity contribution in [1.82, 2.24) is 15.0 Å². The summed E-state index contributed by atoms with van der Waals surface area (Å²) in [5, 5.41) is 0.492. The molecule has 0 aromatic carbocycles. The number of methoxy groups -OCH3 is 1. The number of nitrogens with zero attached hydrogens (tertiary/aromatic N) is 3. The van der Waals surface area contributed by atoms with Crippen LogP contribution in [0.2, 0.25) is 5.15 Å². The first-order valence-corrected chi connectivity index (χ1v) is 6.75. The van der Waals surface area contributed by atoms with Gasteiger partial charge in [-0.15, -0.1) is 0 Å². The van der Waals surface area contributed by atoms with Crippen molar-refractivity contribution in [2.45, 2.75) is 19.4 Å². The minimum absolute atomic E-state index is 0.492. The molecular formula is C14H14ClN3O2. The van der Waals surface area contributed by atoms with Crippen molar-refractivity contribution >= 4 is 11.6 Å². The van der Waals surface area contributed by atoms with Gasteiger partial charge >= 0.3 is 0 Å². The van der Waals surface area contributed by atoms with Gasteiger partial charge in [-0.3, -0.25) is 0 Å². The van der Waals surface area contributed by atoms with Crippen LogP contribution in [0.25, 0.3) is 0 Å². The Hall–Kier alpha value is -1.72. The molecule has 1 aliphatic heterocycles. The zero-order valence-corrected chi connectivity index (χ0v) is 11.9. The highest BCUT2D eigenvalue weighted by Crippen LogP contribution is 2.22. The van der Waals surface area contributed by atoms with Gasteiger partial charge in [0.25, 0.3) is 0 Å². The number of halogens is 1. The SMILES string of the molecule is COc1ccc(Cc2nc(Cl)c3c(n2)CCOC3)cn1. The molecule has 0 unspecified atom stereocenters. The van der Waals surface area contributed by atoms with Crippen molar-refractivity contribution in [3.63, 3.8) is 0 Å². The van der Waals surface area contributed by atoms with E-state index >= 15 is 0 Å². The summed E-state index contributed by atoms with van der Waals surface area (Å²) >= 11 is 6.19. The Morgan fingerprint density at radius 3 is 3.00 bits per heavy atom. The van der Waals surface area contributed by atoms with E-state index in [-0.39, 0.29) is 0 Å². The summed E-state index contributed by atoms with van der Waals surface area (Å²) in [6.45, 7) is 1.18. The molecule has 0 radical (unpaired) electrons. The highest BCUT2D eigenvalue weighted by molar-refractivity contribution is 6.30. The number of hydrogen-bond donors (Lipinski definition) is 0. The lowest BCUT2D eigenvalue weighted by molar-refractivity contribution is 0.109. The molecule has 3 heterocycles. The molecule has 0 spiro atoms. The number of rotatable bonds is 3. The molecule has 3 rings (SSSR count). The third kappa shape index (κ3) is 2.73. The van der Waals surface area contributed by atoms with Crippen molar-refractivity contribution in [3.8, 4) is 5.88 Å². The van der Waals surface area contributed by atoms with Gasteiger partial charge in [0.15, 0.2) is 0 Å². The predicted octanol–water partition coefficient (Wildman–Crippen LogP) is 2.20. The molecule has 20 heavy (non-hydrogen) atoms. The van der Waals surface area contributed by atoms with E-state index in [1.54, 1.807) is 13.3 Å². The molecular weight excluding hydrogens is 278 g/mol. The first kappa shape index (κ1) is 13.3. The highest BCUT2D eigenvalue weighted by atomic mass is 35.5. The summed E-state index contributed by atoms with van der Waals surface area (Å²) in [7, 11) is 1.59. The molecule has 104 valence electrons. The van der Waals surface area contributed by atoms with Crippen molar-refractivity contribution in [1.29, 1.82) is 0 Å². The van der Waals surface area contributed by atoms with Crippen LogP contribution in [0, 0.1) is 0 Å². The minimum atomic E-state index is 0.492. The summed E-state index contributed by atoms with van der Waals surface area (Å²) in [6.07, 6.45) is 3.15. The van der Waals surface area contributed by atoms with Gasteiger partial charge in [-0.25, -0.2) is 15.0 Å². The fraction of sp³-hybridized carbons (Fsp3) is 0.357. The first-order valence-electron chi connectivity index (χ1n) is 6.37. The number of hydrogen-bond acceptors (Lipinski definition) is 5. The Labute approximate surface area is 121 Å². The topological polar surface area (TPSA) is 57.1 Å². The fourth-order valence-electron chi connectivity index (χ4n) is 2.14. The lowest BCUT2D eigenvalue weighted by Gasteiger charge is -2.17. The van der Waals surface area contributed by atoms with Crippen molar-refractivity contribution in [2.24, 2.45) is 0 Å². The minimum Gasteiger partial charge on any atom is -0.481 e. The maximum atomic E-state index is 6.19. The summed E-state index contributed by atoms with van der Waals surface area (Å²) in [4.78, 5) is 13.1. The van der Waals surface area contributed by atoms with E-state index in [0.717, 1.165) is 23.2 Å². The van der Waals surface area contributed by atoms with Crippen LogP contribution in [0.1, 0.15) is 22.6 Å². The summed E-state index contributed by atoms with van der Waals surface area (Å²) in [6, 6.07) is 3.77. The van der Waals surface area contributed by atoms with Gasteiger partial charge in [-0.1, -0.05) is 17.7 Å². The lowest BCUT2D eigenvalue weighted by atomic mass is 10.1. The molecule has 2 aromatic heterocycles. The normalized spacial score (nSPS) is 13.9. The maximum absolute atomic E-state index is 6.19. The van der Waals surface area contributed by atoms with Crippen LogP contribution in [0.15, 0.2) is 18.3 Å². The van der Waals surface area contributed by atoms with Gasteiger partial charge in [0, 0.05) is 30.7 Å². The Morgan fingerprint density at radius 1 is 1.35 bits per heavy atom. The molecule has 0 bridgehead atoms. The third-order valence-electron chi connectivity index (χ3n) is 3.19. The molecule has 0 N–H and O–H groups in total. The molecule has 0 atom stereocenters. The smallest absolute Gasteiger partial charge is 0.212 e. The van der Waals surface area contributed by atoms with Crippen LogP contribution in [-0.4, -0.2) is 28.7 Å². The van der Waals surface area contributed by atoms with E-state index in [1.807, 2.05) is 12.1 Å². The van der Waals surface area contributed by atoms with Crippen LogP contribution in [0.5, 0.6) is 5.88 Å². The van der Waals surface area contributed by atoms with E-state index in [1.165, 1.54) is 0 Å². The van der Waals surface area contributed by atoms with Gasteiger partial charge < -0.3 is 9.47 Å². The largest absolute Gasteiger partial charge is 0.481 e. The summed E-state index contributed by atoms with van der Waals surface area (Å²) in [5.74, 6) is 1.30. The molecule has 0 amide bonds.